The number of hydrogen-bond donors (Lipinski definition) is 3. The molecule has 2 aliphatic rings. The molecule has 0 aromatic carbocycles. The summed E-state index contributed by atoms with van der Waals surface area (Å²) in [5.74, 6) is 0.0715. The SMILES string of the molecule is CCP(=O)(O)CCCCCCC1C(=O)NC(=O)N1CCC(O)C1CCCCC1. The van der Waals surface area contributed by atoms with E-state index in [1.807, 2.05) is 0 Å². The van der Waals surface area contributed by atoms with Gasteiger partial charge in [-0.1, -0.05) is 45.4 Å². The Morgan fingerprint density at radius 1 is 1.14 bits per heavy atom. The minimum Gasteiger partial charge on any atom is -0.393 e. The van der Waals surface area contributed by atoms with Crippen LogP contribution in [0.25, 0.3) is 0 Å². The van der Waals surface area contributed by atoms with E-state index < -0.39 is 19.5 Å². The van der Waals surface area contributed by atoms with Crippen molar-refractivity contribution in [3.63, 3.8) is 0 Å². The number of nitrogens with zero attached hydrogens (tertiary/aromatic N) is 1. The quantitative estimate of drug-likeness (QED) is 0.257. The molecule has 1 saturated heterocycles. The lowest BCUT2D eigenvalue weighted by atomic mass is 9.84. The molecule has 3 N–H and O–H groups in total. The van der Waals surface area contributed by atoms with Crippen molar-refractivity contribution in [1.29, 1.82) is 0 Å². The van der Waals surface area contributed by atoms with Crippen molar-refractivity contribution in [2.24, 2.45) is 5.92 Å². The summed E-state index contributed by atoms with van der Waals surface area (Å²) >= 11 is 0. The molecule has 1 saturated carbocycles. The maximum Gasteiger partial charge on any atom is 0.324 e. The number of unbranched alkanes of at least 4 members (excludes halogenated alkanes) is 3. The molecule has 28 heavy (non-hydrogen) atoms. The number of aliphatic hydroxyl groups excluding tert-OH is 1. The van der Waals surface area contributed by atoms with Crippen molar-refractivity contribution >= 4 is 19.3 Å². The highest BCUT2D eigenvalue weighted by Crippen LogP contribution is 2.40. The van der Waals surface area contributed by atoms with Gasteiger partial charge in [-0.3, -0.25) is 14.7 Å². The van der Waals surface area contributed by atoms with Crippen molar-refractivity contribution < 1.29 is 24.2 Å². The molecule has 7 nitrogen and oxygen atoms in total. The first-order chi connectivity index (χ1) is 13.3. The Balaban J connectivity index is 1.71. The van der Waals surface area contributed by atoms with Crippen molar-refractivity contribution in [2.45, 2.75) is 89.7 Å². The lowest BCUT2D eigenvalue weighted by Crippen LogP contribution is -2.38. The number of urea groups is 1. The summed E-state index contributed by atoms with van der Waals surface area (Å²) in [4.78, 5) is 35.4. The Hall–Kier alpha value is -0.910. The molecular weight excluding hydrogens is 379 g/mol. The Labute approximate surface area is 168 Å². The molecule has 1 aliphatic heterocycles. The second-order valence-corrected chi connectivity index (χ2v) is 11.1. The van der Waals surface area contributed by atoms with Crippen LogP contribution in [-0.2, 0) is 9.36 Å². The van der Waals surface area contributed by atoms with E-state index in [1.54, 1.807) is 11.8 Å². The predicted molar refractivity (Wildman–Crippen MR) is 110 cm³/mol. The van der Waals surface area contributed by atoms with Crippen LogP contribution in [0.15, 0.2) is 0 Å². The summed E-state index contributed by atoms with van der Waals surface area (Å²) in [6.45, 7) is 2.14. The number of rotatable bonds is 12. The zero-order chi connectivity index (χ0) is 20.6. The fourth-order valence-corrected chi connectivity index (χ4v) is 5.36. The molecule has 2 rings (SSSR count). The average molecular weight is 416 g/mol. The van der Waals surface area contributed by atoms with Gasteiger partial charge in [-0.25, -0.2) is 4.79 Å². The third-order valence-corrected chi connectivity index (χ3v) is 8.26. The first-order valence-corrected chi connectivity index (χ1v) is 13.0. The minimum absolute atomic E-state index is 0.247. The van der Waals surface area contributed by atoms with Crippen LogP contribution in [0.1, 0.15) is 77.6 Å². The second kappa shape index (κ2) is 11.3. The smallest absolute Gasteiger partial charge is 0.324 e. The van der Waals surface area contributed by atoms with Crippen molar-refractivity contribution in [2.75, 3.05) is 18.9 Å². The minimum atomic E-state index is -2.94. The highest BCUT2D eigenvalue weighted by molar-refractivity contribution is 7.57. The number of amides is 3. The molecule has 0 aromatic rings. The standard InChI is InChI=1S/C20H37N2O5P/c1-2-28(26,27)15-9-4-3-8-12-17-19(24)21-20(25)22(17)14-13-18(23)16-10-6-5-7-11-16/h16-18,23H,2-15H2,1H3,(H,26,27)(H,21,24,25). The predicted octanol–water partition coefficient (Wildman–Crippen LogP) is 3.48. The molecule has 1 aliphatic carbocycles. The number of imide groups is 1. The Kier molecular flexibility index (Phi) is 9.45. The fraction of sp³-hybridized carbons (Fsp3) is 0.900. The summed E-state index contributed by atoms with van der Waals surface area (Å²) in [6, 6.07) is -0.805. The van der Waals surface area contributed by atoms with E-state index in [1.165, 1.54) is 6.42 Å². The first kappa shape index (κ1) is 23.4. The molecule has 162 valence electrons. The van der Waals surface area contributed by atoms with E-state index in [-0.39, 0.29) is 11.9 Å². The summed E-state index contributed by atoms with van der Waals surface area (Å²) in [7, 11) is -2.94. The van der Waals surface area contributed by atoms with Crippen LogP contribution in [0.4, 0.5) is 4.79 Å². The third-order valence-electron chi connectivity index (χ3n) is 6.26. The zero-order valence-corrected chi connectivity index (χ0v) is 18.0. The Morgan fingerprint density at radius 3 is 2.50 bits per heavy atom. The highest BCUT2D eigenvalue weighted by atomic mass is 31.2. The van der Waals surface area contributed by atoms with Gasteiger partial charge >= 0.3 is 6.03 Å². The number of nitrogens with one attached hydrogen (secondary N) is 1. The molecule has 8 heteroatoms. The number of hydrogen-bond acceptors (Lipinski definition) is 4. The van der Waals surface area contributed by atoms with Crippen LogP contribution >= 0.6 is 7.37 Å². The second-order valence-electron chi connectivity index (χ2n) is 8.35. The maximum absolute atomic E-state index is 12.1. The van der Waals surface area contributed by atoms with E-state index >= 15 is 0 Å². The summed E-state index contributed by atoms with van der Waals surface area (Å²) < 4.78 is 11.6. The van der Waals surface area contributed by atoms with Gasteiger partial charge in [0.15, 0.2) is 7.37 Å². The summed E-state index contributed by atoms with van der Waals surface area (Å²) in [5, 5.41) is 12.8. The monoisotopic (exact) mass is 416 g/mol. The van der Waals surface area contributed by atoms with Crippen LogP contribution < -0.4 is 5.32 Å². The van der Waals surface area contributed by atoms with Gasteiger partial charge in [0.25, 0.3) is 5.91 Å². The highest BCUT2D eigenvalue weighted by Gasteiger charge is 2.38. The van der Waals surface area contributed by atoms with Crippen LogP contribution in [-0.4, -0.2) is 57.9 Å². The number of carbonyl (C=O) groups is 2. The van der Waals surface area contributed by atoms with Gasteiger partial charge in [-0.05, 0) is 38.0 Å². The molecule has 0 bridgehead atoms. The van der Waals surface area contributed by atoms with E-state index in [9.17, 15) is 24.2 Å². The molecule has 3 amide bonds. The Bertz CT molecular complexity index is 565. The van der Waals surface area contributed by atoms with E-state index in [2.05, 4.69) is 5.32 Å². The normalized spacial score (nSPS) is 24.2. The van der Waals surface area contributed by atoms with Crippen LogP contribution in [0, 0.1) is 5.92 Å². The zero-order valence-electron chi connectivity index (χ0n) is 17.1. The largest absolute Gasteiger partial charge is 0.393 e. The summed E-state index contributed by atoms with van der Waals surface area (Å²) in [5.41, 5.74) is 0. The summed E-state index contributed by atoms with van der Waals surface area (Å²) in [6.07, 6.45) is 10.3. The molecule has 1 heterocycles. The maximum atomic E-state index is 12.1. The van der Waals surface area contributed by atoms with E-state index in [0.29, 0.717) is 44.0 Å². The fourth-order valence-electron chi connectivity index (χ4n) is 4.32. The first-order valence-electron chi connectivity index (χ1n) is 10.9. The topological polar surface area (TPSA) is 107 Å². The van der Waals surface area contributed by atoms with Crippen LogP contribution in [0.3, 0.4) is 0 Å². The van der Waals surface area contributed by atoms with Gasteiger partial charge in [0.2, 0.25) is 0 Å². The van der Waals surface area contributed by atoms with Crippen LogP contribution in [0.2, 0.25) is 0 Å². The van der Waals surface area contributed by atoms with Gasteiger partial charge < -0.3 is 14.9 Å². The molecule has 0 radical (unpaired) electrons. The lowest BCUT2D eigenvalue weighted by molar-refractivity contribution is -0.121. The number of aliphatic hydroxyl groups is 1. The van der Waals surface area contributed by atoms with Crippen LogP contribution in [0.5, 0.6) is 0 Å². The van der Waals surface area contributed by atoms with Crippen molar-refractivity contribution in [3.8, 4) is 0 Å². The van der Waals surface area contributed by atoms with Gasteiger partial charge in [0, 0.05) is 18.9 Å². The van der Waals surface area contributed by atoms with E-state index in [4.69, 9.17) is 0 Å². The number of carbonyl (C=O) groups excluding carboxylic acids is 2. The van der Waals surface area contributed by atoms with Gasteiger partial charge in [0.05, 0.1) is 6.10 Å². The van der Waals surface area contributed by atoms with Crippen molar-refractivity contribution in [1.82, 2.24) is 10.2 Å². The Morgan fingerprint density at radius 2 is 1.82 bits per heavy atom. The van der Waals surface area contributed by atoms with Gasteiger partial charge in [0.1, 0.15) is 6.04 Å². The van der Waals surface area contributed by atoms with Gasteiger partial charge in [-0.2, -0.15) is 0 Å². The lowest BCUT2D eigenvalue weighted by Gasteiger charge is -2.29. The van der Waals surface area contributed by atoms with Gasteiger partial charge in [-0.15, -0.1) is 0 Å². The molecular formula is C20H37N2O5P. The third kappa shape index (κ3) is 7.16. The average Bonchev–Trinajstić information content (AvgIpc) is 2.95. The molecule has 2 fully saturated rings. The molecule has 0 spiro atoms. The van der Waals surface area contributed by atoms with E-state index in [0.717, 1.165) is 44.9 Å². The molecule has 3 unspecified atom stereocenters. The van der Waals surface area contributed by atoms with Crippen molar-refractivity contribution in [3.05, 3.63) is 0 Å². The molecule has 3 atom stereocenters. The molecule has 0 aromatic heterocycles.